The molecule has 1 rings (SSSR count). The second-order valence-electron chi connectivity index (χ2n) is 2.73. The van der Waals surface area contributed by atoms with Crippen molar-refractivity contribution in [3.63, 3.8) is 0 Å². The molecule has 0 unspecified atom stereocenters. The van der Waals surface area contributed by atoms with Crippen molar-refractivity contribution in [2.24, 2.45) is 0 Å². The van der Waals surface area contributed by atoms with Gasteiger partial charge in [-0.3, -0.25) is 5.32 Å². The zero-order valence-corrected chi connectivity index (χ0v) is 7.19. The van der Waals surface area contributed by atoms with Crippen LogP contribution < -0.4 is 5.32 Å². The number of benzene rings is 1. The lowest BCUT2D eigenvalue weighted by molar-refractivity contribution is 0.199. The molecule has 70 valence electrons. The Kier molecular flexibility index (Phi) is 2.87. The molecule has 0 spiro atoms. The first-order valence-corrected chi connectivity index (χ1v) is 3.87. The largest absolute Gasteiger partial charge is 0.465 e. The maximum absolute atomic E-state index is 10.3. The van der Waals surface area contributed by atoms with Crippen molar-refractivity contribution in [3.05, 3.63) is 29.8 Å². The van der Waals surface area contributed by atoms with Gasteiger partial charge in [-0.05, 0) is 24.6 Å². The maximum atomic E-state index is 10.3. The Hall–Kier alpha value is -1.55. The molecule has 0 bridgehead atoms. The molecule has 4 nitrogen and oxygen atoms in total. The topological polar surface area (TPSA) is 69.6 Å². The molecule has 1 amide bonds. The van der Waals surface area contributed by atoms with Gasteiger partial charge in [0, 0.05) is 5.69 Å². The summed E-state index contributed by atoms with van der Waals surface area (Å²) >= 11 is 0. The number of hydrogen-bond donors (Lipinski definition) is 3. The summed E-state index contributed by atoms with van der Waals surface area (Å²) in [5, 5.41) is 19.8. The van der Waals surface area contributed by atoms with E-state index in [0.717, 1.165) is 0 Å². The highest BCUT2D eigenvalue weighted by Gasteiger charge is 2.02. The fourth-order valence-electron chi connectivity index (χ4n) is 1.000. The van der Waals surface area contributed by atoms with Crippen LogP contribution in [-0.2, 0) is 0 Å². The fourth-order valence-corrected chi connectivity index (χ4v) is 1.000. The molecule has 0 radical (unpaired) electrons. The third-order valence-electron chi connectivity index (χ3n) is 1.62. The SMILES string of the molecule is C[C@H](O)c1cccc(NC(=O)O)c1. The van der Waals surface area contributed by atoms with Crippen LogP contribution in [0.25, 0.3) is 0 Å². The first-order valence-electron chi connectivity index (χ1n) is 3.87. The van der Waals surface area contributed by atoms with Crippen LogP contribution >= 0.6 is 0 Å². The minimum absolute atomic E-state index is 0.464. The lowest BCUT2D eigenvalue weighted by Crippen LogP contribution is -2.07. The second kappa shape index (κ2) is 3.91. The zero-order valence-electron chi connectivity index (χ0n) is 7.19. The molecule has 1 atom stereocenters. The zero-order chi connectivity index (χ0) is 9.84. The average Bonchev–Trinajstić information content (AvgIpc) is 2.03. The highest BCUT2D eigenvalue weighted by Crippen LogP contribution is 2.16. The Morgan fingerprint density at radius 1 is 1.54 bits per heavy atom. The minimum Gasteiger partial charge on any atom is -0.465 e. The Labute approximate surface area is 75.8 Å². The van der Waals surface area contributed by atoms with Crippen molar-refractivity contribution in [3.8, 4) is 0 Å². The molecular weight excluding hydrogens is 170 g/mol. The number of carboxylic acid groups (broad SMARTS) is 1. The van der Waals surface area contributed by atoms with Gasteiger partial charge in [-0.15, -0.1) is 0 Å². The van der Waals surface area contributed by atoms with Gasteiger partial charge in [0.05, 0.1) is 6.10 Å². The number of amides is 1. The molecule has 1 aromatic rings. The second-order valence-corrected chi connectivity index (χ2v) is 2.73. The number of carbonyl (C=O) groups is 1. The van der Waals surface area contributed by atoms with E-state index >= 15 is 0 Å². The molecule has 3 N–H and O–H groups in total. The van der Waals surface area contributed by atoms with E-state index in [1.807, 2.05) is 0 Å². The molecule has 0 aliphatic rings. The molecule has 0 fully saturated rings. The summed E-state index contributed by atoms with van der Waals surface area (Å²) in [6.07, 6.45) is -1.70. The summed E-state index contributed by atoms with van der Waals surface area (Å²) in [5.74, 6) is 0. The Morgan fingerprint density at radius 2 is 2.23 bits per heavy atom. The summed E-state index contributed by atoms with van der Waals surface area (Å²) in [7, 11) is 0. The van der Waals surface area contributed by atoms with E-state index in [9.17, 15) is 9.90 Å². The molecule has 0 aromatic heterocycles. The number of hydrogen-bond acceptors (Lipinski definition) is 2. The summed E-state index contributed by atoms with van der Waals surface area (Å²) in [6.45, 7) is 1.62. The number of aliphatic hydroxyl groups excluding tert-OH is 1. The fraction of sp³-hybridized carbons (Fsp3) is 0.222. The van der Waals surface area contributed by atoms with E-state index < -0.39 is 12.2 Å². The Morgan fingerprint density at radius 3 is 2.77 bits per heavy atom. The predicted octanol–water partition coefficient (Wildman–Crippen LogP) is 1.83. The van der Waals surface area contributed by atoms with E-state index in [2.05, 4.69) is 5.32 Å². The van der Waals surface area contributed by atoms with Gasteiger partial charge < -0.3 is 10.2 Å². The van der Waals surface area contributed by atoms with E-state index in [1.54, 1.807) is 31.2 Å². The van der Waals surface area contributed by atoms with Crippen LogP contribution in [0.3, 0.4) is 0 Å². The van der Waals surface area contributed by atoms with Crippen LogP contribution in [0.1, 0.15) is 18.6 Å². The van der Waals surface area contributed by atoms with Gasteiger partial charge in [-0.1, -0.05) is 12.1 Å². The standard InChI is InChI=1S/C9H11NO3/c1-6(11)7-3-2-4-8(5-7)10-9(12)13/h2-6,10-11H,1H3,(H,12,13)/t6-/m0/s1. The van der Waals surface area contributed by atoms with Crippen molar-refractivity contribution in [2.75, 3.05) is 5.32 Å². The van der Waals surface area contributed by atoms with Crippen molar-refractivity contribution in [1.82, 2.24) is 0 Å². The monoisotopic (exact) mass is 181 g/mol. The van der Waals surface area contributed by atoms with Crippen molar-refractivity contribution in [1.29, 1.82) is 0 Å². The van der Waals surface area contributed by atoms with E-state index in [4.69, 9.17) is 5.11 Å². The van der Waals surface area contributed by atoms with Crippen LogP contribution in [0.4, 0.5) is 10.5 Å². The Balaban J connectivity index is 2.85. The van der Waals surface area contributed by atoms with Gasteiger partial charge in [0.2, 0.25) is 0 Å². The van der Waals surface area contributed by atoms with Crippen LogP contribution in [-0.4, -0.2) is 16.3 Å². The van der Waals surface area contributed by atoms with Gasteiger partial charge in [0.25, 0.3) is 0 Å². The van der Waals surface area contributed by atoms with E-state index in [0.29, 0.717) is 11.3 Å². The van der Waals surface area contributed by atoms with Gasteiger partial charge in [-0.2, -0.15) is 0 Å². The molecule has 0 saturated heterocycles. The van der Waals surface area contributed by atoms with Crippen LogP contribution in [0, 0.1) is 0 Å². The smallest absolute Gasteiger partial charge is 0.409 e. The first kappa shape index (κ1) is 9.54. The van der Waals surface area contributed by atoms with E-state index in [1.165, 1.54) is 0 Å². The van der Waals surface area contributed by atoms with Crippen molar-refractivity contribution >= 4 is 11.8 Å². The molecular formula is C9H11NO3. The van der Waals surface area contributed by atoms with Crippen molar-refractivity contribution < 1.29 is 15.0 Å². The summed E-state index contributed by atoms with van der Waals surface area (Å²) in [5.41, 5.74) is 1.15. The highest BCUT2D eigenvalue weighted by atomic mass is 16.4. The number of anilines is 1. The van der Waals surface area contributed by atoms with Crippen LogP contribution in [0.15, 0.2) is 24.3 Å². The maximum Gasteiger partial charge on any atom is 0.409 e. The summed E-state index contributed by atoms with van der Waals surface area (Å²) in [4.78, 5) is 10.3. The summed E-state index contributed by atoms with van der Waals surface area (Å²) in [6, 6.07) is 6.64. The molecule has 0 aliphatic heterocycles. The number of nitrogens with one attached hydrogen (secondary N) is 1. The third-order valence-corrected chi connectivity index (χ3v) is 1.62. The normalized spacial score (nSPS) is 12.2. The van der Waals surface area contributed by atoms with Crippen LogP contribution in [0.5, 0.6) is 0 Å². The molecule has 0 saturated carbocycles. The van der Waals surface area contributed by atoms with Gasteiger partial charge in [0.15, 0.2) is 0 Å². The molecule has 1 aromatic carbocycles. The minimum atomic E-state index is -1.11. The predicted molar refractivity (Wildman–Crippen MR) is 48.7 cm³/mol. The quantitative estimate of drug-likeness (QED) is 0.651. The van der Waals surface area contributed by atoms with Gasteiger partial charge >= 0.3 is 6.09 Å². The van der Waals surface area contributed by atoms with Gasteiger partial charge in [-0.25, -0.2) is 4.79 Å². The lowest BCUT2D eigenvalue weighted by atomic mass is 10.1. The molecule has 13 heavy (non-hydrogen) atoms. The number of aliphatic hydroxyl groups is 1. The summed E-state index contributed by atoms with van der Waals surface area (Å²) < 4.78 is 0. The first-order chi connectivity index (χ1) is 6.09. The highest BCUT2D eigenvalue weighted by molar-refractivity contribution is 5.82. The number of rotatable bonds is 2. The Bertz CT molecular complexity index is 309. The van der Waals surface area contributed by atoms with Crippen molar-refractivity contribution in [2.45, 2.75) is 13.0 Å². The third kappa shape index (κ3) is 2.76. The molecule has 0 aliphatic carbocycles. The average molecular weight is 181 g/mol. The van der Waals surface area contributed by atoms with E-state index in [-0.39, 0.29) is 0 Å². The molecule has 4 heteroatoms. The van der Waals surface area contributed by atoms with Crippen LogP contribution in [0.2, 0.25) is 0 Å². The molecule has 0 heterocycles. The van der Waals surface area contributed by atoms with Gasteiger partial charge in [0.1, 0.15) is 0 Å². The lowest BCUT2D eigenvalue weighted by Gasteiger charge is -2.06.